The van der Waals surface area contributed by atoms with Gasteiger partial charge in [-0.2, -0.15) is 11.8 Å². The van der Waals surface area contributed by atoms with Gasteiger partial charge >= 0.3 is 0 Å². The molecule has 124 valence electrons. The van der Waals surface area contributed by atoms with Crippen molar-refractivity contribution in [1.29, 1.82) is 0 Å². The molecule has 0 aromatic carbocycles. The third-order valence-electron chi connectivity index (χ3n) is 5.48. The van der Waals surface area contributed by atoms with Crippen LogP contribution < -0.4 is 5.32 Å². The van der Waals surface area contributed by atoms with Gasteiger partial charge in [0.2, 0.25) is 0 Å². The highest BCUT2D eigenvalue weighted by atomic mass is 32.2. The summed E-state index contributed by atoms with van der Waals surface area (Å²) in [5.41, 5.74) is 0.476. The van der Waals surface area contributed by atoms with Crippen LogP contribution in [-0.2, 0) is 0 Å². The van der Waals surface area contributed by atoms with E-state index < -0.39 is 0 Å². The van der Waals surface area contributed by atoms with Crippen LogP contribution in [0, 0.1) is 17.3 Å². The molecular formula is C18H36N2S. The summed E-state index contributed by atoms with van der Waals surface area (Å²) < 4.78 is 0. The van der Waals surface area contributed by atoms with Gasteiger partial charge in [0.05, 0.1) is 0 Å². The minimum atomic E-state index is 0.476. The second-order valence-corrected chi connectivity index (χ2v) is 9.29. The lowest BCUT2D eigenvalue weighted by molar-refractivity contribution is 0.0897. The van der Waals surface area contributed by atoms with Crippen LogP contribution in [0.4, 0.5) is 0 Å². The zero-order chi connectivity index (χ0) is 15.3. The van der Waals surface area contributed by atoms with E-state index in [0.717, 1.165) is 24.4 Å². The molecule has 0 aromatic heterocycles. The Morgan fingerprint density at radius 2 is 1.95 bits per heavy atom. The van der Waals surface area contributed by atoms with Crippen LogP contribution in [-0.4, -0.2) is 48.6 Å². The van der Waals surface area contributed by atoms with Gasteiger partial charge in [0.25, 0.3) is 0 Å². The molecule has 0 bridgehead atoms. The minimum Gasteiger partial charge on any atom is -0.314 e. The highest BCUT2D eigenvalue weighted by Gasteiger charge is 2.36. The van der Waals surface area contributed by atoms with Crippen LogP contribution in [0.25, 0.3) is 0 Å². The van der Waals surface area contributed by atoms with Gasteiger partial charge in [0.15, 0.2) is 0 Å². The number of hydrogen-bond acceptors (Lipinski definition) is 3. The SMILES string of the molecule is CCNC1CCC(C(C)(C)C)CC1CN1CCCSCC1. The van der Waals surface area contributed by atoms with Gasteiger partial charge in [0, 0.05) is 24.9 Å². The molecule has 2 fully saturated rings. The van der Waals surface area contributed by atoms with E-state index in [9.17, 15) is 0 Å². The molecule has 3 atom stereocenters. The first kappa shape index (κ1) is 17.6. The molecule has 0 spiro atoms. The van der Waals surface area contributed by atoms with Crippen LogP contribution >= 0.6 is 11.8 Å². The van der Waals surface area contributed by atoms with Crippen molar-refractivity contribution in [2.24, 2.45) is 17.3 Å². The maximum absolute atomic E-state index is 3.78. The highest BCUT2D eigenvalue weighted by Crippen LogP contribution is 2.40. The lowest BCUT2D eigenvalue weighted by Gasteiger charge is -2.43. The molecule has 21 heavy (non-hydrogen) atoms. The van der Waals surface area contributed by atoms with Crippen LogP contribution in [0.3, 0.4) is 0 Å². The molecular weight excluding hydrogens is 276 g/mol. The van der Waals surface area contributed by atoms with E-state index in [0.29, 0.717) is 5.41 Å². The van der Waals surface area contributed by atoms with E-state index in [4.69, 9.17) is 0 Å². The van der Waals surface area contributed by atoms with Crippen molar-refractivity contribution in [2.75, 3.05) is 37.7 Å². The Labute approximate surface area is 136 Å². The normalized spacial score (nSPS) is 32.9. The fourth-order valence-corrected chi connectivity index (χ4v) is 5.02. The van der Waals surface area contributed by atoms with Crippen molar-refractivity contribution in [3.05, 3.63) is 0 Å². The molecule has 1 heterocycles. The maximum Gasteiger partial charge on any atom is 0.0108 e. The Bertz CT molecular complexity index is 292. The van der Waals surface area contributed by atoms with E-state index in [1.54, 1.807) is 0 Å². The summed E-state index contributed by atoms with van der Waals surface area (Å²) in [7, 11) is 0. The predicted molar refractivity (Wildman–Crippen MR) is 96.1 cm³/mol. The van der Waals surface area contributed by atoms with E-state index in [1.807, 2.05) is 0 Å². The van der Waals surface area contributed by atoms with Gasteiger partial charge in [-0.05, 0) is 61.8 Å². The molecule has 0 amide bonds. The van der Waals surface area contributed by atoms with Gasteiger partial charge in [-0.15, -0.1) is 0 Å². The molecule has 1 saturated carbocycles. The molecule has 2 nitrogen and oxygen atoms in total. The molecule has 3 heteroatoms. The van der Waals surface area contributed by atoms with Crippen LogP contribution in [0.15, 0.2) is 0 Å². The zero-order valence-electron chi connectivity index (χ0n) is 14.7. The molecule has 2 aliphatic rings. The first-order valence-corrected chi connectivity index (χ1v) is 10.2. The van der Waals surface area contributed by atoms with Crippen molar-refractivity contribution in [1.82, 2.24) is 10.2 Å². The number of nitrogens with one attached hydrogen (secondary N) is 1. The standard InChI is InChI=1S/C18H36N2S/c1-5-19-17-8-7-16(18(2,3)4)13-15(17)14-20-9-6-11-21-12-10-20/h15-17,19H,5-14H2,1-4H3. The third kappa shape index (κ3) is 5.44. The van der Waals surface area contributed by atoms with Crippen molar-refractivity contribution < 1.29 is 0 Å². The second kappa shape index (κ2) is 8.21. The van der Waals surface area contributed by atoms with Crippen molar-refractivity contribution in [3.8, 4) is 0 Å². The maximum atomic E-state index is 3.78. The number of thioether (sulfide) groups is 1. The van der Waals surface area contributed by atoms with Gasteiger partial charge in [-0.1, -0.05) is 27.7 Å². The number of hydrogen-bond donors (Lipinski definition) is 1. The van der Waals surface area contributed by atoms with Crippen molar-refractivity contribution in [3.63, 3.8) is 0 Å². The van der Waals surface area contributed by atoms with Gasteiger partial charge in [-0.3, -0.25) is 0 Å². The molecule has 1 N–H and O–H groups in total. The van der Waals surface area contributed by atoms with Crippen LogP contribution in [0.5, 0.6) is 0 Å². The van der Waals surface area contributed by atoms with Crippen LogP contribution in [0.2, 0.25) is 0 Å². The van der Waals surface area contributed by atoms with E-state index in [1.165, 1.54) is 56.8 Å². The molecule has 3 unspecified atom stereocenters. The minimum absolute atomic E-state index is 0.476. The predicted octanol–water partition coefficient (Wildman–Crippen LogP) is 3.87. The number of rotatable bonds is 4. The summed E-state index contributed by atoms with van der Waals surface area (Å²) >= 11 is 2.14. The Hall–Kier alpha value is 0.270. The van der Waals surface area contributed by atoms with Gasteiger partial charge < -0.3 is 10.2 Å². The summed E-state index contributed by atoms with van der Waals surface area (Å²) in [5.74, 6) is 4.45. The summed E-state index contributed by atoms with van der Waals surface area (Å²) in [6, 6.07) is 0.754. The van der Waals surface area contributed by atoms with E-state index >= 15 is 0 Å². The van der Waals surface area contributed by atoms with E-state index in [-0.39, 0.29) is 0 Å². The molecule has 1 saturated heterocycles. The van der Waals surface area contributed by atoms with Gasteiger partial charge in [-0.25, -0.2) is 0 Å². The fourth-order valence-electron chi connectivity index (χ4n) is 4.10. The summed E-state index contributed by atoms with van der Waals surface area (Å²) in [6.07, 6.45) is 5.59. The first-order chi connectivity index (χ1) is 10.0. The second-order valence-electron chi connectivity index (χ2n) is 8.07. The van der Waals surface area contributed by atoms with Crippen molar-refractivity contribution in [2.45, 2.75) is 59.4 Å². The van der Waals surface area contributed by atoms with Crippen LogP contribution in [0.1, 0.15) is 53.4 Å². The quantitative estimate of drug-likeness (QED) is 0.848. The molecule has 0 aromatic rings. The lowest BCUT2D eigenvalue weighted by atomic mass is 9.67. The monoisotopic (exact) mass is 312 g/mol. The molecule has 1 aliphatic heterocycles. The third-order valence-corrected chi connectivity index (χ3v) is 6.53. The Balaban J connectivity index is 1.95. The summed E-state index contributed by atoms with van der Waals surface area (Å²) in [5, 5.41) is 3.78. The molecule has 2 rings (SSSR count). The van der Waals surface area contributed by atoms with Crippen molar-refractivity contribution >= 4 is 11.8 Å². The topological polar surface area (TPSA) is 15.3 Å². The Morgan fingerprint density at radius 3 is 2.67 bits per heavy atom. The number of nitrogens with zero attached hydrogens (tertiary/aromatic N) is 1. The van der Waals surface area contributed by atoms with E-state index in [2.05, 4.69) is 49.7 Å². The zero-order valence-corrected chi connectivity index (χ0v) is 15.5. The fraction of sp³-hybridized carbons (Fsp3) is 1.00. The average molecular weight is 313 g/mol. The Kier molecular flexibility index (Phi) is 6.89. The smallest absolute Gasteiger partial charge is 0.0108 e. The summed E-state index contributed by atoms with van der Waals surface area (Å²) in [6.45, 7) is 14.6. The first-order valence-electron chi connectivity index (χ1n) is 9.04. The molecule has 1 aliphatic carbocycles. The highest BCUT2D eigenvalue weighted by molar-refractivity contribution is 7.99. The largest absolute Gasteiger partial charge is 0.314 e. The Morgan fingerprint density at radius 1 is 1.14 bits per heavy atom. The summed E-state index contributed by atoms with van der Waals surface area (Å²) in [4.78, 5) is 2.75. The lowest BCUT2D eigenvalue weighted by Crippen LogP contribution is -2.47. The van der Waals surface area contributed by atoms with Gasteiger partial charge in [0.1, 0.15) is 0 Å². The average Bonchev–Trinajstić information content (AvgIpc) is 2.68. The molecule has 0 radical (unpaired) electrons.